The number of nitrogen functional groups attached to an aromatic ring is 1. The zero-order chi connectivity index (χ0) is 15.4. The van der Waals surface area contributed by atoms with Crippen LogP contribution in [-0.4, -0.2) is 29.2 Å². The standard InChI is InChI=1S/C14H16N4O3/c1-8-10(15)12(18-17-8)13(19)16-11(14(20)21-2)9-6-4-3-5-7-9/h3-7,11H,15H2,1-2H3,(H,16,19)(H,17,18). The fraction of sp³-hybridized carbons (Fsp3) is 0.214. The number of carbonyl (C=O) groups is 2. The molecule has 4 N–H and O–H groups in total. The molecule has 1 atom stereocenters. The van der Waals surface area contributed by atoms with Crippen LogP contribution in [0.25, 0.3) is 0 Å². The number of aryl methyl sites for hydroxylation is 1. The molecule has 0 fully saturated rings. The quantitative estimate of drug-likeness (QED) is 0.725. The molecule has 2 aromatic rings. The van der Waals surface area contributed by atoms with E-state index in [-0.39, 0.29) is 11.4 Å². The summed E-state index contributed by atoms with van der Waals surface area (Å²) < 4.78 is 4.73. The van der Waals surface area contributed by atoms with Gasteiger partial charge in [-0.2, -0.15) is 5.10 Å². The molecule has 7 nitrogen and oxygen atoms in total. The number of carbonyl (C=O) groups excluding carboxylic acids is 2. The maximum atomic E-state index is 12.2. The molecule has 0 saturated carbocycles. The second kappa shape index (κ2) is 6.08. The Morgan fingerprint density at radius 1 is 1.33 bits per heavy atom. The van der Waals surface area contributed by atoms with Crippen molar-refractivity contribution < 1.29 is 14.3 Å². The topological polar surface area (TPSA) is 110 Å². The molecule has 0 spiro atoms. The number of nitrogens with two attached hydrogens (primary N) is 1. The number of aromatic amines is 1. The van der Waals surface area contributed by atoms with Crippen molar-refractivity contribution in [3.8, 4) is 0 Å². The number of nitrogens with zero attached hydrogens (tertiary/aromatic N) is 1. The Morgan fingerprint density at radius 2 is 2.00 bits per heavy atom. The van der Waals surface area contributed by atoms with Crippen LogP contribution in [0.1, 0.15) is 27.8 Å². The lowest BCUT2D eigenvalue weighted by Crippen LogP contribution is -2.35. The number of anilines is 1. The second-order valence-corrected chi connectivity index (χ2v) is 4.45. The van der Waals surface area contributed by atoms with Gasteiger partial charge in [-0.3, -0.25) is 9.89 Å². The van der Waals surface area contributed by atoms with E-state index in [1.807, 2.05) is 6.07 Å². The molecule has 1 aromatic heterocycles. The number of rotatable bonds is 4. The molecule has 0 aliphatic rings. The van der Waals surface area contributed by atoms with E-state index in [4.69, 9.17) is 10.5 Å². The van der Waals surface area contributed by atoms with Gasteiger partial charge in [0.15, 0.2) is 11.7 Å². The minimum absolute atomic E-state index is 0.0531. The van der Waals surface area contributed by atoms with Crippen molar-refractivity contribution in [3.05, 3.63) is 47.3 Å². The first kappa shape index (κ1) is 14.6. The Balaban J connectivity index is 2.26. The van der Waals surface area contributed by atoms with Crippen molar-refractivity contribution in [1.82, 2.24) is 15.5 Å². The number of hydrogen-bond acceptors (Lipinski definition) is 5. The van der Waals surface area contributed by atoms with Gasteiger partial charge in [0.05, 0.1) is 18.5 Å². The molecule has 0 aliphatic heterocycles. The first-order chi connectivity index (χ1) is 10.0. The molecule has 1 unspecified atom stereocenters. The zero-order valence-electron chi connectivity index (χ0n) is 11.7. The number of aromatic nitrogens is 2. The van der Waals surface area contributed by atoms with Crippen molar-refractivity contribution in [2.24, 2.45) is 0 Å². The maximum Gasteiger partial charge on any atom is 0.333 e. The summed E-state index contributed by atoms with van der Waals surface area (Å²) in [5, 5.41) is 9.03. The third kappa shape index (κ3) is 3.02. The van der Waals surface area contributed by atoms with E-state index in [0.29, 0.717) is 11.3 Å². The molecule has 0 aliphatic carbocycles. The first-order valence-electron chi connectivity index (χ1n) is 6.28. The second-order valence-electron chi connectivity index (χ2n) is 4.45. The Morgan fingerprint density at radius 3 is 2.52 bits per heavy atom. The van der Waals surface area contributed by atoms with Gasteiger partial charge in [-0.25, -0.2) is 4.79 Å². The Bertz CT molecular complexity index is 651. The highest BCUT2D eigenvalue weighted by Gasteiger charge is 2.26. The third-order valence-electron chi connectivity index (χ3n) is 3.05. The summed E-state index contributed by atoms with van der Waals surface area (Å²) in [5.41, 5.74) is 7.27. The summed E-state index contributed by atoms with van der Waals surface area (Å²) in [4.78, 5) is 24.1. The monoisotopic (exact) mass is 288 g/mol. The van der Waals surface area contributed by atoms with Crippen molar-refractivity contribution in [2.75, 3.05) is 12.8 Å². The maximum absolute atomic E-state index is 12.2. The molecule has 0 saturated heterocycles. The van der Waals surface area contributed by atoms with Gasteiger partial charge in [-0.15, -0.1) is 0 Å². The third-order valence-corrected chi connectivity index (χ3v) is 3.05. The number of H-pyrrole nitrogens is 1. The molecule has 110 valence electrons. The van der Waals surface area contributed by atoms with Crippen molar-refractivity contribution >= 4 is 17.6 Å². The van der Waals surface area contributed by atoms with Crippen LogP contribution in [0.3, 0.4) is 0 Å². The number of esters is 1. The number of amides is 1. The van der Waals surface area contributed by atoms with E-state index in [2.05, 4.69) is 15.5 Å². The predicted octanol–water partition coefficient (Wildman–Crippen LogP) is 0.944. The number of methoxy groups -OCH3 is 1. The molecule has 1 amide bonds. The molecule has 2 rings (SSSR count). The fourth-order valence-electron chi connectivity index (χ4n) is 1.85. The van der Waals surface area contributed by atoms with E-state index in [1.165, 1.54) is 7.11 Å². The number of benzene rings is 1. The molecule has 1 aromatic carbocycles. The Labute approximate surface area is 121 Å². The molecular weight excluding hydrogens is 272 g/mol. The summed E-state index contributed by atoms with van der Waals surface area (Å²) in [6.07, 6.45) is 0. The molecular formula is C14H16N4O3. The van der Waals surface area contributed by atoms with E-state index in [1.54, 1.807) is 31.2 Å². The van der Waals surface area contributed by atoms with Crippen molar-refractivity contribution in [3.63, 3.8) is 0 Å². The smallest absolute Gasteiger partial charge is 0.333 e. The van der Waals surface area contributed by atoms with Crippen LogP contribution < -0.4 is 11.1 Å². The summed E-state index contributed by atoms with van der Waals surface area (Å²) >= 11 is 0. The largest absolute Gasteiger partial charge is 0.467 e. The van der Waals surface area contributed by atoms with Crippen molar-refractivity contribution in [2.45, 2.75) is 13.0 Å². The van der Waals surface area contributed by atoms with Gasteiger partial charge in [0.25, 0.3) is 5.91 Å². The van der Waals surface area contributed by atoms with Crippen LogP contribution >= 0.6 is 0 Å². The van der Waals surface area contributed by atoms with Gasteiger partial charge in [0.1, 0.15) is 0 Å². The van der Waals surface area contributed by atoms with E-state index in [9.17, 15) is 9.59 Å². The lowest BCUT2D eigenvalue weighted by molar-refractivity contribution is -0.143. The van der Waals surface area contributed by atoms with Gasteiger partial charge < -0.3 is 15.8 Å². The minimum Gasteiger partial charge on any atom is -0.467 e. The van der Waals surface area contributed by atoms with Gasteiger partial charge in [-0.1, -0.05) is 30.3 Å². The van der Waals surface area contributed by atoms with Crippen LogP contribution in [-0.2, 0) is 9.53 Å². The summed E-state index contributed by atoms with van der Waals surface area (Å²) in [6.45, 7) is 1.70. The molecule has 21 heavy (non-hydrogen) atoms. The SMILES string of the molecule is COC(=O)C(NC(=O)c1n[nH]c(C)c1N)c1ccccc1. The molecule has 0 bridgehead atoms. The number of ether oxygens (including phenoxy) is 1. The summed E-state index contributed by atoms with van der Waals surface area (Å²) in [7, 11) is 1.26. The lowest BCUT2D eigenvalue weighted by atomic mass is 10.1. The number of hydrogen-bond donors (Lipinski definition) is 3. The molecule has 1 heterocycles. The van der Waals surface area contributed by atoms with Crippen molar-refractivity contribution in [1.29, 1.82) is 0 Å². The van der Waals surface area contributed by atoms with E-state index < -0.39 is 17.9 Å². The van der Waals surface area contributed by atoms with Crippen LogP contribution in [0.4, 0.5) is 5.69 Å². The van der Waals surface area contributed by atoms with Crippen LogP contribution in [0.2, 0.25) is 0 Å². The van der Waals surface area contributed by atoms with Crippen LogP contribution in [0, 0.1) is 6.92 Å². The molecule has 7 heteroatoms. The van der Waals surface area contributed by atoms with Crippen LogP contribution in [0.5, 0.6) is 0 Å². The highest BCUT2D eigenvalue weighted by Crippen LogP contribution is 2.17. The average Bonchev–Trinajstić information content (AvgIpc) is 2.84. The molecule has 0 radical (unpaired) electrons. The Kier molecular flexibility index (Phi) is 4.22. The Hall–Kier alpha value is -2.83. The first-order valence-corrected chi connectivity index (χ1v) is 6.28. The fourth-order valence-corrected chi connectivity index (χ4v) is 1.85. The van der Waals surface area contributed by atoms with Gasteiger partial charge >= 0.3 is 5.97 Å². The summed E-state index contributed by atoms with van der Waals surface area (Å²) in [6, 6.07) is 7.88. The van der Waals surface area contributed by atoms with Gasteiger partial charge in [0.2, 0.25) is 0 Å². The summed E-state index contributed by atoms with van der Waals surface area (Å²) in [5.74, 6) is -1.11. The zero-order valence-corrected chi connectivity index (χ0v) is 11.7. The normalized spacial score (nSPS) is 11.7. The highest BCUT2D eigenvalue weighted by molar-refractivity contribution is 5.99. The van der Waals surface area contributed by atoms with E-state index >= 15 is 0 Å². The average molecular weight is 288 g/mol. The van der Waals surface area contributed by atoms with Gasteiger partial charge in [-0.05, 0) is 12.5 Å². The minimum atomic E-state index is -0.917. The van der Waals surface area contributed by atoms with E-state index in [0.717, 1.165) is 0 Å². The highest BCUT2D eigenvalue weighted by atomic mass is 16.5. The predicted molar refractivity (Wildman–Crippen MR) is 76.4 cm³/mol. The van der Waals surface area contributed by atoms with Gasteiger partial charge in [0, 0.05) is 0 Å². The lowest BCUT2D eigenvalue weighted by Gasteiger charge is -2.16. The van der Waals surface area contributed by atoms with Crippen LogP contribution in [0.15, 0.2) is 30.3 Å². The number of nitrogens with one attached hydrogen (secondary N) is 2.